The summed E-state index contributed by atoms with van der Waals surface area (Å²) in [4.78, 5) is 44.4. The number of carbonyl (C=O) groups is 3. The standard InChI is InChI=1S/C32H37N5O5/c1-34-22-30(39)36-28(19-24-10-14-26(38)15-11-24)31(40)35(18-6-9-23-7-4-3-5-8-23)21-29(36)37(34)32(41)33-20-25-12-16-27(42-2)17-13-25/h3-5,7-8,10-17,28-29,38H,6,9,18-22H2,1-2H3,(H,33,41)/t28-,29-/m0/s1. The molecule has 10 nitrogen and oxygen atoms in total. The fourth-order valence-corrected chi connectivity index (χ4v) is 5.68. The zero-order valence-corrected chi connectivity index (χ0v) is 24.0. The van der Waals surface area contributed by atoms with Crippen LogP contribution in [0.1, 0.15) is 23.1 Å². The summed E-state index contributed by atoms with van der Waals surface area (Å²) in [7, 11) is 3.32. The first-order valence-corrected chi connectivity index (χ1v) is 14.2. The van der Waals surface area contributed by atoms with Crippen LogP contribution < -0.4 is 10.1 Å². The van der Waals surface area contributed by atoms with Gasteiger partial charge in [-0.25, -0.2) is 14.8 Å². The normalized spacial score (nSPS) is 19.0. The first-order chi connectivity index (χ1) is 20.3. The zero-order chi connectivity index (χ0) is 29.6. The second-order valence-corrected chi connectivity index (χ2v) is 10.7. The van der Waals surface area contributed by atoms with E-state index in [4.69, 9.17) is 4.74 Å². The van der Waals surface area contributed by atoms with E-state index in [1.165, 1.54) is 5.56 Å². The minimum absolute atomic E-state index is 0.0280. The first-order valence-electron chi connectivity index (χ1n) is 14.2. The molecule has 0 unspecified atom stereocenters. The van der Waals surface area contributed by atoms with Gasteiger partial charge in [0.2, 0.25) is 11.8 Å². The molecule has 3 aromatic carbocycles. The number of nitrogens with zero attached hydrogens (tertiary/aromatic N) is 4. The number of aromatic hydroxyl groups is 1. The van der Waals surface area contributed by atoms with Crippen LogP contribution in [0.3, 0.4) is 0 Å². The predicted octanol–water partition coefficient (Wildman–Crippen LogP) is 3.01. The van der Waals surface area contributed by atoms with Crippen molar-refractivity contribution in [2.75, 3.05) is 33.8 Å². The number of amides is 4. The van der Waals surface area contributed by atoms with Gasteiger partial charge in [0, 0.05) is 26.6 Å². The Balaban J connectivity index is 1.37. The van der Waals surface area contributed by atoms with Crippen molar-refractivity contribution >= 4 is 17.8 Å². The molecule has 0 saturated carbocycles. The maximum atomic E-state index is 13.9. The number of ether oxygens (including phenoxy) is 1. The fraction of sp³-hybridized carbons (Fsp3) is 0.344. The zero-order valence-electron chi connectivity index (χ0n) is 24.0. The number of hydrogen-bond donors (Lipinski definition) is 2. The van der Waals surface area contributed by atoms with Crippen LogP contribution in [0, 0.1) is 0 Å². The lowest BCUT2D eigenvalue weighted by atomic mass is 9.98. The highest BCUT2D eigenvalue weighted by Gasteiger charge is 2.50. The SMILES string of the molecule is COc1ccc(CNC(=O)N2[C@H]3CN(CCCc4ccccc4)C(=O)[C@H](Cc4ccc(O)cc4)N3C(=O)CN2C)cc1. The molecule has 4 amide bonds. The average molecular weight is 572 g/mol. The summed E-state index contributed by atoms with van der Waals surface area (Å²) in [6, 6.07) is 23.1. The highest BCUT2D eigenvalue weighted by Crippen LogP contribution is 2.28. The van der Waals surface area contributed by atoms with Crippen molar-refractivity contribution in [2.45, 2.75) is 38.0 Å². The Kier molecular flexibility index (Phi) is 8.92. The van der Waals surface area contributed by atoms with Gasteiger partial charge >= 0.3 is 6.03 Å². The molecule has 2 aliphatic heterocycles. The smallest absolute Gasteiger partial charge is 0.334 e. The molecule has 5 rings (SSSR count). The molecule has 2 saturated heterocycles. The van der Waals surface area contributed by atoms with Crippen LogP contribution in [0.15, 0.2) is 78.9 Å². The van der Waals surface area contributed by atoms with E-state index in [-0.39, 0.29) is 43.1 Å². The number of methoxy groups -OCH3 is 1. The largest absolute Gasteiger partial charge is 0.508 e. The number of rotatable bonds is 9. The van der Waals surface area contributed by atoms with Crippen LogP contribution in [0.2, 0.25) is 0 Å². The molecule has 3 aromatic rings. The lowest BCUT2D eigenvalue weighted by molar-refractivity contribution is -0.186. The number of likely N-dealkylation sites (N-methyl/N-ethyl adjacent to an activating group) is 1. The van der Waals surface area contributed by atoms with E-state index in [0.29, 0.717) is 13.1 Å². The summed E-state index contributed by atoms with van der Waals surface area (Å²) in [5.41, 5.74) is 2.91. The molecule has 0 radical (unpaired) electrons. The molecule has 42 heavy (non-hydrogen) atoms. The van der Waals surface area contributed by atoms with E-state index >= 15 is 0 Å². The molecule has 2 N–H and O–H groups in total. The van der Waals surface area contributed by atoms with Gasteiger partial charge < -0.3 is 25.0 Å². The number of piperazine rings is 1. The Labute approximate surface area is 246 Å². The molecule has 2 aliphatic rings. The molecule has 2 heterocycles. The number of hydrazine groups is 1. The Hall–Kier alpha value is -4.57. The topological polar surface area (TPSA) is 106 Å². The number of carbonyl (C=O) groups excluding carboxylic acids is 3. The van der Waals surface area contributed by atoms with E-state index in [1.54, 1.807) is 58.2 Å². The minimum Gasteiger partial charge on any atom is -0.508 e. The van der Waals surface area contributed by atoms with E-state index in [9.17, 15) is 19.5 Å². The van der Waals surface area contributed by atoms with E-state index < -0.39 is 12.2 Å². The van der Waals surface area contributed by atoms with Gasteiger partial charge in [-0.05, 0) is 53.8 Å². The van der Waals surface area contributed by atoms with Crippen LogP contribution in [-0.4, -0.2) is 88.8 Å². The third-order valence-electron chi connectivity index (χ3n) is 7.85. The van der Waals surface area contributed by atoms with Crippen molar-refractivity contribution in [2.24, 2.45) is 0 Å². The van der Waals surface area contributed by atoms with Crippen molar-refractivity contribution in [1.29, 1.82) is 0 Å². The lowest BCUT2D eigenvalue weighted by Gasteiger charge is -2.54. The average Bonchev–Trinajstić information content (AvgIpc) is 2.99. The Bertz CT molecular complexity index is 1380. The number of phenolic OH excluding ortho intramolecular Hbond substituents is 1. The number of phenols is 1. The van der Waals surface area contributed by atoms with Gasteiger partial charge in [0.15, 0.2) is 0 Å². The van der Waals surface area contributed by atoms with Gasteiger partial charge in [-0.1, -0.05) is 54.6 Å². The molecule has 2 atom stereocenters. The molecule has 220 valence electrons. The lowest BCUT2D eigenvalue weighted by Crippen LogP contribution is -2.76. The van der Waals surface area contributed by atoms with E-state index in [1.807, 2.05) is 42.5 Å². The van der Waals surface area contributed by atoms with Crippen molar-refractivity contribution in [3.8, 4) is 11.5 Å². The second kappa shape index (κ2) is 12.9. The van der Waals surface area contributed by atoms with E-state index in [2.05, 4.69) is 17.4 Å². The Morgan fingerprint density at radius 2 is 1.64 bits per heavy atom. The molecular formula is C32H37N5O5. The number of fused-ring (bicyclic) bond motifs is 1. The van der Waals surface area contributed by atoms with Crippen LogP contribution in [-0.2, 0) is 29.0 Å². The number of urea groups is 1. The third-order valence-corrected chi connectivity index (χ3v) is 7.85. The summed E-state index contributed by atoms with van der Waals surface area (Å²) in [5.74, 6) is 0.519. The molecule has 2 fully saturated rings. The van der Waals surface area contributed by atoms with Gasteiger partial charge in [-0.3, -0.25) is 9.59 Å². The fourth-order valence-electron chi connectivity index (χ4n) is 5.68. The summed E-state index contributed by atoms with van der Waals surface area (Å²) in [6.45, 7) is 0.986. The maximum Gasteiger partial charge on any atom is 0.334 e. The van der Waals surface area contributed by atoms with Crippen molar-refractivity contribution < 1.29 is 24.2 Å². The molecular weight excluding hydrogens is 534 g/mol. The Morgan fingerprint density at radius 3 is 2.33 bits per heavy atom. The van der Waals surface area contributed by atoms with Crippen LogP contribution in [0.4, 0.5) is 4.79 Å². The molecule has 0 bridgehead atoms. The summed E-state index contributed by atoms with van der Waals surface area (Å²) >= 11 is 0. The monoisotopic (exact) mass is 571 g/mol. The van der Waals surface area contributed by atoms with Crippen molar-refractivity contribution in [1.82, 2.24) is 25.1 Å². The molecule has 0 spiro atoms. The maximum absolute atomic E-state index is 13.9. The van der Waals surface area contributed by atoms with Gasteiger partial charge in [0.25, 0.3) is 0 Å². The van der Waals surface area contributed by atoms with Gasteiger partial charge in [0.05, 0.1) is 20.2 Å². The third kappa shape index (κ3) is 6.49. The van der Waals surface area contributed by atoms with Crippen molar-refractivity contribution in [3.05, 3.63) is 95.6 Å². The number of aryl methyl sites for hydroxylation is 1. The summed E-state index contributed by atoms with van der Waals surface area (Å²) < 4.78 is 5.22. The second-order valence-electron chi connectivity index (χ2n) is 10.7. The Morgan fingerprint density at radius 1 is 0.952 bits per heavy atom. The first kappa shape index (κ1) is 28.9. The number of benzene rings is 3. The van der Waals surface area contributed by atoms with E-state index in [0.717, 1.165) is 29.7 Å². The van der Waals surface area contributed by atoms with Gasteiger partial charge in [0.1, 0.15) is 23.7 Å². The minimum atomic E-state index is -0.775. The highest BCUT2D eigenvalue weighted by molar-refractivity contribution is 5.91. The van der Waals surface area contributed by atoms with Gasteiger partial charge in [-0.15, -0.1) is 0 Å². The van der Waals surface area contributed by atoms with Crippen LogP contribution in [0.5, 0.6) is 11.5 Å². The molecule has 10 heteroatoms. The van der Waals surface area contributed by atoms with Gasteiger partial charge in [-0.2, -0.15) is 0 Å². The quantitative estimate of drug-likeness (QED) is 0.409. The van der Waals surface area contributed by atoms with Crippen molar-refractivity contribution in [3.63, 3.8) is 0 Å². The number of hydrogen-bond acceptors (Lipinski definition) is 6. The summed E-state index contributed by atoms with van der Waals surface area (Å²) in [5, 5.41) is 15.9. The molecule has 0 aromatic heterocycles. The highest BCUT2D eigenvalue weighted by atomic mass is 16.5. The number of nitrogens with one attached hydrogen (secondary N) is 1. The predicted molar refractivity (Wildman–Crippen MR) is 157 cm³/mol. The molecule has 0 aliphatic carbocycles. The van der Waals surface area contributed by atoms with Crippen LogP contribution in [0.25, 0.3) is 0 Å². The van der Waals surface area contributed by atoms with Crippen LogP contribution >= 0.6 is 0 Å². The summed E-state index contributed by atoms with van der Waals surface area (Å²) in [6.07, 6.45) is 1.18.